The highest BCUT2D eigenvalue weighted by atomic mass is 16.4. The molecular weight excluding hydrogens is 1830 g/mol. The first kappa shape index (κ1) is 123. The SMILES string of the molecule is CC[C@H](C)[C@H](NC(=O)[C@H](CC(N)=O)NC(=O)[C@@H](N)Cc1ccc(O)cc1)C(=O)N[C@@H](CCC(N)=O)C(=O)N[C@@H](CCCCN)C(=O)N[C@@H](CO)C(O)(N[C@H](C(=O)N[C@@H](CC(C)C)C(=O)N[C@@H](CC1C=NC=N1)C(=O)N[C@@H](CC(C)C)C(=O)N[C@H](C(=O)N[C@@H](CC(C)C)C(=O)N[C@@H](CCCNC(=N)N)C(=O)N[C@@H](CC(C)C)C(=O)N[C@@H](CCCNC(=N)N)C(=O)O)C(C)C)[C@@H](C)O)C(=O)[C@@H](N)/C=C\C(=O)O. The van der Waals surface area contributed by atoms with Gasteiger partial charge < -0.3 is 151 Å². The van der Waals surface area contributed by atoms with Gasteiger partial charge in [0.2, 0.25) is 100 Å². The van der Waals surface area contributed by atoms with Crippen molar-refractivity contribution in [3.8, 4) is 5.75 Å². The largest absolute Gasteiger partial charge is 0.508 e. The van der Waals surface area contributed by atoms with Gasteiger partial charge in [-0.05, 0) is 150 Å². The molecule has 786 valence electrons. The monoisotopic (exact) mass is 1980 g/mol. The van der Waals surface area contributed by atoms with E-state index in [0.717, 1.165) is 13.3 Å². The first-order valence-corrected chi connectivity index (χ1v) is 46.7. The molecule has 2 unspecified atom stereocenters. The maximum Gasteiger partial charge on any atom is 0.328 e. The molecule has 2 rings (SSSR count). The summed E-state index contributed by atoms with van der Waals surface area (Å²) in [5, 5.41) is 120. The van der Waals surface area contributed by atoms with Gasteiger partial charge in [0.1, 0.15) is 96.7 Å². The van der Waals surface area contributed by atoms with Crippen LogP contribution < -0.4 is 125 Å². The number of nitrogens with one attached hydrogen (secondary N) is 18. The number of unbranched alkanes of at least 4 members (excludes halogenated alkanes) is 1. The second-order valence-electron chi connectivity index (χ2n) is 36.8. The highest BCUT2D eigenvalue weighted by Gasteiger charge is 2.51. The Morgan fingerprint density at radius 2 is 0.871 bits per heavy atom. The topological polar surface area (TPSA) is 876 Å². The number of benzene rings is 1. The predicted octanol–water partition coefficient (Wildman–Crippen LogP) is -7.24. The van der Waals surface area contributed by atoms with Gasteiger partial charge in [0.15, 0.2) is 11.9 Å². The van der Waals surface area contributed by atoms with Crippen molar-refractivity contribution in [3.05, 3.63) is 42.0 Å². The normalized spacial score (nSPS) is 16.6. The molecule has 1 aromatic carbocycles. The molecule has 0 fully saturated rings. The summed E-state index contributed by atoms with van der Waals surface area (Å²) >= 11 is 0. The number of guanidine groups is 2. The Morgan fingerprint density at radius 1 is 0.479 bits per heavy atom. The molecule has 1 aliphatic rings. The summed E-state index contributed by atoms with van der Waals surface area (Å²) in [6.07, 6.45) is -1.54. The summed E-state index contributed by atoms with van der Waals surface area (Å²) in [7, 11) is 0. The van der Waals surface area contributed by atoms with Gasteiger partial charge in [-0.1, -0.05) is 108 Å². The number of nitrogens with two attached hydrogens (primary N) is 7. The van der Waals surface area contributed by atoms with Crippen molar-refractivity contribution >= 4 is 131 Å². The van der Waals surface area contributed by atoms with Crippen LogP contribution in [-0.4, -0.2) is 302 Å². The van der Waals surface area contributed by atoms with Gasteiger partial charge in [-0.15, -0.1) is 0 Å². The lowest BCUT2D eigenvalue weighted by Crippen LogP contribution is -2.74. The number of ketones is 1. The van der Waals surface area contributed by atoms with Crippen LogP contribution in [0.1, 0.15) is 198 Å². The van der Waals surface area contributed by atoms with Gasteiger partial charge in [-0.25, -0.2) is 14.6 Å². The standard InChI is InChI=1S/C89H151N27O24/c1-14-48(12)70(115-82(134)64(39-67(94)121)107-73(125)54(92)37-50-22-24-52(119)25-23-50)84(136)105-57(27-28-66(93)120)75(127)103-55(19-15-16-30-90)76(128)113-65(41-117)89(140,72(124)53(91)26-29-68(122)123)116-71(49(13)118)85(137)112-61(35-45(6)7)79(131)110-63(38-51-40-99-42-102-51)80(132)109-62(36-46(8)9)81(133)114-69(47(10)11)83(135)111-60(34-44(4)5)77(129)104-56(20-17-31-100-87(95)96)74(126)108-59(33-43(2)3)78(130)106-58(86(138)139)21-18-32-101-88(97)98/h22-26,29,40,42-49,51,53-65,69-71,116-119,140H,14-21,27-28,30-39,41,90-92H2,1-13H3,(H2,93,120)(H2,94,121)(H,103,127)(H,104,129)(H,105,136)(H,106,130)(H,107,125)(H,108,126)(H,109,132)(H,110,131)(H,111,135)(H,112,137)(H,113,128)(H,114,133)(H,115,134)(H,122,123)(H,138,139)(H4,95,96,100)(H4,97,98,101)/b29-26-/t48-,49+,51?,53-,54-,55-,56-,57-,58-,59-,60-,61-,62-,63-,64-,65-,69-,70-,71-,89?/m0/s1. The predicted molar refractivity (Wildman–Crippen MR) is 514 cm³/mol. The van der Waals surface area contributed by atoms with Crippen molar-refractivity contribution in [2.45, 2.75) is 314 Å². The maximum absolute atomic E-state index is 15.0. The summed E-state index contributed by atoms with van der Waals surface area (Å²) in [6.45, 7) is 19.5. The van der Waals surface area contributed by atoms with Gasteiger partial charge in [-0.3, -0.25) is 97.8 Å². The lowest BCUT2D eigenvalue weighted by Gasteiger charge is -2.40. The number of phenols is 1. The molecule has 38 N–H and O–H groups in total. The molecule has 1 aliphatic heterocycles. The van der Waals surface area contributed by atoms with Crippen LogP contribution in [0.3, 0.4) is 0 Å². The van der Waals surface area contributed by atoms with Crippen LogP contribution in [0.25, 0.3) is 0 Å². The Hall–Kier alpha value is -13.0. The van der Waals surface area contributed by atoms with E-state index in [-0.39, 0.29) is 139 Å². The molecule has 0 spiro atoms. The highest BCUT2D eigenvalue weighted by Crippen LogP contribution is 2.22. The number of nitrogens with zero attached hydrogens (tertiary/aromatic N) is 2. The Kier molecular flexibility index (Phi) is 54.6. The van der Waals surface area contributed by atoms with Crippen LogP contribution in [0.2, 0.25) is 0 Å². The molecule has 1 aromatic rings. The van der Waals surface area contributed by atoms with Crippen molar-refractivity contribution < 1.29 is 117 Å². The molecule has 0 bridgehead atoms. The van der Waals surface area contributed by atoms with Gasteiger partial charge in [0.25, 0.3) is 0 Å². The molecule has 0 saturated heterocycles. The molecule has 0 radical (unpaired) electrons. The van der Waals surface area contributed by atoms with Crippen LogP contribution in [-0.2, 0) is 92.7 Å². The first-order chi connectivity index (χ1) is 65.5. The van der Waals surface area contributed by atoms with Crippen molar-refractivity contribution in [1.82, 2.24) is 85.1 Å². The minimum atomic E-state index is -3.62. The van der Waals surface area contributed by atoms with E-state index >= 15 is 14.4 Å². The number of primary amides is 2. The average Bonchev–Trinajstić information content (AvgIpc) is 0.860. The molecule has 20 atom stereocenters. The minimum absolute atomic E-state index is 0.00426. The van der Waals surface area contributed by atoms with Crippen LogP contribution in [0.4, 0.5) is 0 Å². The zero-order chi connectivity index (χ0) is 106. The lowest BCUT2D eigenvalue weighted by atomic mass is 9.91. The lowest BCUT2D eigenvalue weighted by molar-refractivity contribution is -0.154. The van der Waals surface area contributed by atoms with Gasteiger partial charge >= 0.3 is 11.9 Å². The number of carbonyl (C=O) groups is 18. The number of amides is 15. The van der Waals surface area contributed by atoms with E-state index in [4.69, 9.17) is 51.0 Å². The third-order valence-electron chi connectivity index (χ3n) is 22.2. The Morgan fingerprint density at radius 3 is 1.29 bits per heavy atom. The fourth-order valence-corrected chi connectivity index (χ4v) is 14.5. The van der Waals surface area contributed by atoms with Crippen molar-refractivity contribution in [3.63, 3.8) is 0 Å². The third-order valence-corrected chi connectivity index (χ3v) is 22.2. The maximum atomic E-state index is 15.0. The number of rotatable bonds is 68. The highest BCUT2D eigenvalue weighted by molar-refractivity contribution is 6.02. The quantitative estimate of drug-likeness (QED) is 0.00947. The zero-order valence-corrected chi connectivity index (χ0v) is 81.8. The van der Waals surface area contributed by atoms with E-state index in [0.29, 0.717) is 17.7 Å². The number of carbonyl (C=O) groups excluding carboxylic acids is 16. The summed E-state index contributed by atoms with van der Waals surface area (Å²) in [5.41, 5.74) is 36.9. The Balaban J connectivity index is 2.72. The van der Waals surface area contributed by atoms with E-state index in [2.05, 4.69) is 95.1 Å². The molecule has 0 aromatic heterocycles. The number of Topliss-reactive ketones (excluding diaryl/α,β-unsaturated/α-hetero) is 1. The number of hydrogen-bond donors (Lipinski definition) is 31. The first-order valence-electron chi connectivity index (χ1n) is 46.7. The fourth-order valence-electron chi connectivity index (χ4n) is 14.5. The molecule has 15 amide bonds. The summed E-state index contributed by atoms with van der Waals surface area (Å²) in [4.78, 5) is 261. The summed E-state index contributed by atoms with van der Waals surface area (Å²) in [6, 6.07) is -22.5. The van der Waals surface area contributed by atoms with E-state index in [1.165, 1.54) is 37.4 Å². The fraction of sp³-hybridized carbons (Fsp3) is 0.663. The molecule has 51 heteroatoms. The number of aliphatic hydroxyl groups excluding tert-OH is 2. The number of phenolic OH excluding ortho intramolecular Hbond substituents is 1. The van der Waals surface area contributed by atoms with E-state index in [1.54, 1.807) is 76.2 Å². The van der Waals surface area contributed by atoms with Crippen LogP contribution in [0.5, 0.6) is 5.75 Å². The second-order valence-corrected chi connectivity index (χ2v) is 36.8. The van der Waals surface area contributed by atoms with Crippen LogP contribution >= 0.6 is 0 Å². The van der Waals surface area contributed by atoms with E-state index in [9.17, 15) is 103 Å². The van der Waals surface area contributed by atoms with Crippen molar-refractivity contribution in [2.24, 2.45) is 85.6 Å². The molecule has 1 heterocycles. The van der Waals surface area contributed by atoms with Gasteiger partial charge in [0, 0.05) is 38.2 Å². The zero-order valence-electron chi connectivity index (χ0n) is 81.8. The molecular formula is C89H151N27O24. The third kappa shape index (κ3) is 45.3. The van der Waals surface area contributed by atoms with Crippen LogP contribution in [0, 0.1) is 46.3 Å². The minimum Gasteiger partial charge on any atom is -0.508 e. The van der Waals surface area contributed by atoms with E-state index < -0.39 is 270 Å². The number of aliphatic hydroxyl groups is 3. The number of carboxylic acid groups (broad SMARTS) is 2. The number of hydrogen-bond acceptors (Lipinski definition) is 30. The Labute approximate surface area is 813 Å². The van der Waals surface area contributed by atoms with E-state index in [1.807, 2.05) is 0 Å². The smallest absolute Gasteiger partial charge is 0.328 e. The number of aliphatic imine (C=N–C) groups is 2. The second kappa shape index (κ2) is 62.2. The van der Waals surface area contributed by atoms with Crippen LogP contribution in [0.15, 0.2) is 46.4 Å². The molecule has 140 heavy (non-hydrogen) atoms. The van der Waals surface area contributed by atoms with Crippen molar-refractivity contribution in [1.29, 1.82) is 10.8 Å². The molecule has 0 aliphatic carbocycles. The summed E-state index contributed by atoms with van der Waals surface area (Å²) < 4.78 is 0. The summed E-state index contributed by atoms with van der Waals surface area (Å²) in [5.74, 6) is -24.4. The number of aromatic hydroxyl groups is 1. The van der Waals surface area contributed by atoms with Crippen molar-refractivity contribution in [2.75, 3.05) is 26.2 Å². The molecule has 51 nitrogen and oxygen atoms in total. The van der Waals surface area contributed by atoms with Gasteiger partial charge in [0.05, 0.1) is 37.3 Å². The average molecular weight is 1980 g/mol. The van der Waals surface area contributed by atoms with Gasteiger partial charge in [-0.2, -0.15) is 0 Å². The number of aliphatic carboxylic acids is 2. The molecule has 0 saturated carbocycles. The number of carboxylic acids is 2. The Bertz CT molecular complexity index is 4430.